The maximum Gasteiger partial charge on any atom is 0.230 e. The number of hydrogen-bond acceptors (Lipinski definition) is 3. The summed E-state index contributed by atoms with van der Waals surface area (Å²) < 4.78 is 5.05. The van der Waals surface area contributed by atoms with Gasteiger partial charge in [0.05, 0.1) is 19.2 Å². The first-order valence-electron chi connectivity index (χ1n) is 3.63. The molecule has 1 aliphatic heterocycles. The minimum absolute atomic E-state index is 0.0259. The molecule has 0 aliphatic carbocycles. The van der Waals surface area contributed by atoms with Gasteiger partial charge in [0.15, 0.2) is 0 Å². The first-order valence-corrected chi connectivity index (χ1v) is 3.63. The van der Waals surface area contributed by atoms with E-state index in [0.29, 0.717) is 17.9 Å². The van der Waals surface area contributed by atoms with E-state index in [-0.39, 0.29) is 5.91 Å². The number of carbonyl (C=O) groups excluding carboxylic acids is 1. The van der Waals surface area contributed by atoms with Crippen molar-refractivity contribution in [2.45, 2.75) is 6.42 Å². The van der Waals surface area contributed by atoms with Gasteiger partial charge in [0.1, 0.15) is 11.4 Å². The number of pyridine rings is 1. The van der Waals surface area contributed by atoms with E-state index >= 15 is 0 Å². The molecule has 0 atom stereocenters. The molecule has 0 spiro atoms. The molecule has 12 heavy (non-hydrogen) atoms. The number of amides is 1. The minimum Gasteiger partial charge on any atom is -0.494 e. The number of fused-ring (bicyclic) bond motifs is 1. The molecule has 2 heterocycles. The molecule has 2 rings (SSSR count). The van der Waals surface area contributed by atoms with Crippen LogP contribution in [0.25, 0.3) is 0 Å². The van der Waals surface area contributed by atoms with Gasteiger partial charge >= 0.3 is 0 Å². The Kier molecular flexibility index (Phi) is 1.46. The lowest BCUT2D eigenvalue weighted by molar-refractivity contribution is -0.115. The summed E-state index contributed by atoms with van der Waals surface area (Å²) in [5.41, 5.74) is 1.48. The highest BCUT2D eigenvalue weighted by Gasteiger charge is 2.21. The van der Waals surface area contributed by atoms with Crippen LogP contribution in [0.3, 0.4) is 0 Å². The van der Waals surface area contributed by atoms with Gasteiger partial charge in [-0.15, -0.1) is 0 Å². The highest BCUT2D eigenvalue weighted by atomic mass is 16.5. The predicted octanol–water partition coefficient (Wildman–Crippen LogP) is 0.585. The van der Waals surface area contributed by atoms with Crippen LogP contribution in [0, 0.1) is 0 Å². The summed E-state index contributed by atoms with van der Waals surface area (Å²) >= 11 is 0. The molecule has 0 bridgehead atoms. The molecular weight excluding hydrogens is 156 g/mol. The summed E-state index contributed by atoms with van der Waals surface area (Å²) in [4.78, 5) is 15.0. The van der Waals surface area contributed by atoms with E-state index < -0.39 is 0 Å². The predicted molar refractivity (Wildman–Crippen MR) is 43.1 cm³/mol. The first kappa shape index (κ1) is 7.09. The van der Waals surface area contributed by atoms with Crippen molar-refractivity contribution in [3.05, 3.63) is 18.0 Å². The van der Waals surface area contributed by atoms with Gasteiger partial charge in [-0.25, -0.2) is 0 Å². The van der Waals surface area contributed by atoms with Crippen LogP contribution in [-0.4, -0.2) is 18.0 Å². The maximum absolute atomic E-state index is 11.0. The van der Waals surface area contributed by atoms with Gasteiger partial charge in [-0.2, -0.15) is 0 Å². The van der Waals surface area contributed by atoms with Crippen molar-refractivity contribution in [2.75, 3.05) is 12.4 Å². The fourth-order valence-corrected chi connectivity index (χ4v) is 1.26. The Morgan fingerprint density at radius 2 is 2.50 bits per heavy atom. The molecule has 0 fully saturated rings. The van der Waals surface area contributed by atoms with Gasteiger partial charge in [0, 0.05) is 12.3 Å². The Hall–Kier alpha value is -1.58. The fourth-order valence-electron chi connectivity index (χ4n) is 1.26. The van der Waals surface area contributed by atoms with E-state index in [4.69, 9.17) is 4.74 Å². The number of anilines is 1. The molecule has 1 aromatic heterocycles. The number of nitrogens with zero attached hydrogens (tertiary/aromatic N) is 1. The normalized spacial score (nSPS) is 13.9. The average Bonchev–Trinajstić information content (AvgIpc) is 2.44. The Bertz CT molecular complexity index is 336. The van der Waals surface area contributed by atoms with E-state index in [1.807, 2.05) is 0 Å². The van der Waals surface area contributed by atoms with Gasteiger partial charge in [-0.05, 0) is 0 Å². The third-order valence-corrected chi connectivity index (χ3v) is 1.80. The molecule has 4 heteroatoms. The highest BCUT2D eigenvalue weighted by molar-refractivity contribution is 6.00. The molecule has 62 valence electrons. The standard InChI is InChI=1S/C8H8N2O2/c1-12-6-2-3-9-5-4-7(11)10-8(5)6/h2-3H,4H2,1H3,(H,10,11). The van der Waals surface area contributed by atoms with Crippen LogP contribution in [-0.2, 0) is 11.2 Å². The van der Waals surface area contributed by atoms with Gasteiger partial charge in [-0.1, -0.05) is 0 Å². The van der Waals surface area contributed by atoms with E-state index in [1.165, 1.54) is 0 Å². The van der Waals surface area contributed by atoms with Crippen LogP contribution in [0.1, 0.15) is 5.69 Å². The molecule has 0 saturated carbocycles. The minimum atomic E-state index is -0.0259. The molecule has 0 unspecified atom stereocenters. The van der Waals surface area contributed by atoms with E-state index in [2.05, 4.69) is 10.3 Å². The van der Waals surface area contributed by atoms with Gasteiger partial charge in [0.25, 0.3) is 0 Å². The van der Waals surface area contributed by atoms with Crippen LogP contribution in [0.5, 0.6) is 5.75 Å². The van der Waals surface area contributed by atoms with Crippen molar-refractivity contribution >= 4 is 11.6 Å². The van der Waals surface area contributed by atoms with Crippen LogP contribution in [0.15, 0.2) is 12.3 Å². The third kappa shape index (κ3) is 0.922. The molecule has 0 radical (unpaired) electrons. The molecule has 1 N–H and O–H groups in total. The van der Waals surface area contributed by atoms with E-state index in [0.717, 1.165) is 5.69 Å². The molecule has 1 aliphatic rings. The zero-order chi connectivity index (χ0) is 8.55. The summed E-state index contributed by atoms with van der Waals surface area (Å²) in [5.74, 6) is 0.646. The van der Waals surface area contributed by atoms with Crippen molar-refractivity contribution in [1.82, 2.24) is 4.98 Å². The monoisotopic (exact) mass is 164 g/mol. The lowest BCUT2D eigenvalue weighted by atomic mass is 10.3. The second kappa shape index (κ2) is 2.48. The topological polar surface area (TPSA) is 51.2 Å². The van der Waals surface area contributed by atoms with Crippen LogP contribution in [0.4, 0.5) is 5.69 Å². The third-order valence-electron chi connectivity index (χ3n) is 1.80. The average molecular weight is 164 g/mol. The Morgan fingerprint density at radius 1 is 1.67 bits per heavy atom. The van der Waals surface area contributed by atoms with Crippen molar-refractivity contribution in [3.8, 4) is 5.75 Å². The van der Waals surface area contributed by atoms with Gasteiger partial charge in [0.2, 0.25) is 5.91 Å². The van der Waals surface area contributed by atoms with Crippen molar-refractivity contribution in [1.29, 1.82) is 0 Å². The van der Waals surface area contributed by atoms with E-state index in [9.17, 15) is 4.79 Å². The summed E-state index contributed by atoms with van der Waals surface area (Å²) in [5, 5.41) is 2.69. The zero-order valence-corrected chi connectivity index (χ0v) is 6.63. The number of carbonyl (C=O) groups is 1. The summed E-state index contributed by atoms with van der Waals surface area (Å²) in [7, 11) is 1.57. The number of rotatable bonds is 1. The first-order chi connectivity index (χ1) is 5.81. The summed E-state index contributed by atoms with van der Waals surface area (Å²) in [6.07, 6.45) is 1.99. The van der Waals surface area contributed by atoms with Gasteiger partial charge < -0.3 is 10.1 Å². The fraction of sp³-hybridized carbons (Fsp3) is 0.250. The Labute approximate surface area is 69.6 Å². The second-order valence-electron chi connectivity index (χ2n) is 2.56. The molecule has 0 aromatic carbocycles. The molecule has 4 nitrogen and oxygen atoms in total. The number of aromatic nitrogens is 1. The molecule has 1 amide bonds. The van der Waals surface area contributed by atoms with Crippen LogP contribution in [0.2, 0.25) is 0 Å². The summed E-state index contributed by atoms with van der Waals surface area (Å²) in [6, 6.07) is 1.73. The zero-order valence-electron chi connectivity index (χ0n) is 6.63. The van der Waals surface area contributed by atoms with Crippen molar-refractivity contribution < 1.29 is 9.53 Å². The lowest BCUT2D eigenvalue weighted by Crippen LogP contribution is -2.04. The lowest BCUT2D eigenvalue weighted by Gasteiger charge is -2.04. The van der Waals surface area contributed by atoms with Crippen LogP contribution >= 0.6 is 0 Å². The number of ether oxygens (including phenoxy) is 1. The summed E-state index contributed by atoms with van der Waals surface area (Å²) in [6.45, 7) is 0. The smallest absolute Gasteiger partial charge is 0.230 e. The molecular formula is C8H8N2O2. The quantitative estimate of drug-likeness (QED) is 0.660. The Balaban J connectivity index is 2.51. The largest absolute Gasteiger partial charge is 0.494 e. The number of methoxy groups -OCH3 is 1. The maximum atomic E-state index is 11.0. The van der Waals surface area contributed by atoms with Gasteiger partial charge in [-0.3, -0.25) is 9.78 Å². The molecule has 1 aromatic rings. The number of nitrogens with one attached hydrogen (secondary N) is 1. The Morgan fingerprint density at radius 3 is 3.25 bits per heavy atom. The van der Waals surface area contributed by atoms with Crippen molar-refractivity contribution in [2.24, 2.45) is 0 Å². The number of hydrogen-bond donors (Lipinski definition) is 1. The van der Waals surface area contributed by atoms with Crippen molar-refractivity contribution in [3.63, 3.8) is 0 Å². The highest BCUT2D eigenvalue weighted by Crippen LogP contribution is 2.30. The SMILES string of the molecule is COc1ccnc2c1NC(=O)C2. The van der Waals surface area contributed by atoms with Crippen LogP contribution < -0.4 is 10.1 Å². The van der Waals surface area contributed by atoms with E-state index in [1.54, 1.807) is 19.4 Å². The molecule has 0 saturated heterocycles. The second-order valence-corrected chi connectivity index (χ2v) is 2.56.